The van der Waals surface area contributed by atoms with Crippen LogP contribution in [0.25, 0.3) is 5.57 Å². The second-order valence-electron chi connectivity index (χ2n) is 7.97. The maximum absolute atomic E-state index is 9.64. The summed E-state index contributed by atoms with van der Waals surface area (Å²) in [7, 11) is 0. The van der Waals surface area contributed by atoms with Crippen LogP contribution in [0.5, 0.6) is 0 Å². The van der Waals surface area contributed by atoms with Crippen molar-refractivity contribution in [3.63, 3.8) is 0 Å². The fraction of sp³-hybridized carbons (Fsp3) is 0.292. The lowest BCUT2D eigenvalue weighted by Gasteiger charge is -2.27. The predicted molar refractivity (Wildman–Crippen MR) is 119 cm³/mol. The van der Waals surface area contributed by atoms with Crippen molar-refractivity contribution >= 4 is 33.1 Å². The fourth-order valence-corrected chi connectivity index (χ4v) is 4.64. The molecule has 3 heteroatoms. The highest BCUT2D eigenvalue weighted by Gasteiger charge is 2.25. The van der Waals surface area contributed by atoms with E-state index in [1.54, 1.807) is 0 Å². The summed E-state index contributed by atoms with van der Waals surface area (Å²) in [5, 5.41) is 10.5. The molecule has 0 spiro atoms. The molecule has 27 heavy (non-hydrogen) atoms. The molecule has 0 N–H and O–H groups in total. The van der Waals surface area contributed by atoms with Crippen LogP contribution in [0.1, 0.15) is 49.8 Å². The molecule has 2 aliphatic rings. The molecule has 0 amide bonds. The molecule has 0 saturated carbocycles. The predicted octanol–water partition coefficient (Wildman–Crippen LogP) is 7.32. The third-order valence-electron chi connectivity index (χ3n) is 4.86. The van der Waals surface area contributed by atoms with Crippen molar-refractivity contribution in [1.29, 1.82) is 5.26 Å². The first-order valence-corrected chi connectivity index (χ1v) is 10.4. The Morgan fingerprint density at radius 3 is 2.63 bits per heavy atom. The van der Waals surface area contributed by atoms with Crippen molar-refractivity contribution in [1.82, 2.24) is 0 Å². The molecule has 138 valence electrons. The quantitative estimate of drug-likeness (QED) is 0.442. The van der Waals surface area contributed by atoms with Crippen LogP contribution in [0.4, 0.5) is 0 Å². The number of rotatable bonds is 2. The van der Waals surface area contributed by atoms with E-state index in [2.05, 4.69) is 79.2 Å². The summed E-state index contributed by atoms with van der Waals surface area (Å²) in [5.41, 5.74) is 5.44. The van der Waals surface area contributed by atoms with E-state index < -0.39 is 0 Å². The molecule has 0 aromatic heterocycles. The molecule has 0 bridgehead atoms. The van der Waals surface area contributed by atoms with Crippen molar-refractivity contribution in [3.8, 4) is 6.07 Å². The zero-order valence-corrected chi connectivity index (χ0v) is 18.2. The average molecular weight is 441 g/mol. The molecule has 0 fully saturated rings. The monoisotopic (exact) mass is 439 g/mol. The first kappa shape index (κ1) is 19.9. The maximum Gasteiger partial charge on any atom is 0.0957 e. The van der Waals surface area contributed by atoms with E-state index in [-0.39, 0.29) is 16.2 Å². The first-order chi connectivity index (χ1) is 12.8. The molecular formula is C24H23BrClN. The van der Waals surface area contributed by atoms with Crippen LogP contribution in [-0.4, -0.2) is 4.83 Å². The van der Waals surface area contributed by atoms with Gasteiger partial charge in [0, 0.05) is 21.4 Å². The minimum Gasteiger partial charge on any atom is -0.193 e. The van der Waals surface area contributed by atoms with Crippen LogP contribution in [0.15, 0.2) is 71.3 Å². The van der Waals surface area contributed by atoms with E-state index in [0.717, 1.165) is 28.2 Å². The van der Waals surface area contributed by atoms with E-state index in [0.29, 0.717) is 0 Å². The molecule has 1 aromatic rings. The minimum atomic E-state index is -0.0456. The highest BCUT2D eigenvalue weighted by Crippen LogP contribution is 2.38. The van der Waals surface area contributed by atoms with Gasteiger partial charge in [0.25, 0.3) is 0 Å². The summed E-state index contributed by atoms with van der Waals surface area (Å²) in [4.78, 5) is 0.256. The lowest BCUT2D eigenvalue weighted by molar-refractivity contribution is 0.581. The van der Waals surface area contributed by atoms with Crippen molar-refractivity contribution in [3.05, 3.63) is 88.0 Å². The van der Waals surface area contributed by atoms with E-state index in [1.807, 2.05) is 24.3 Å². The average Bonchev–Trinajstić information content (AvgIpc) is 2.85. The van der Waals surface area contributed by atoms with E-state index in [9.17, 15) is 5.26 Å². The Morgan fingerprint density at radius 2 is 1.96 bits per heavy atom. The fourth-order valence-electron chi connectivity index (χ4n) is 3.54. The van der Waals surface area contributed by atoms with E-state index >= 15 is 0 Å². The van der Waals surface area contributed by atoms with Gasteiger partial charge >= 0.3 is 0 Å². The Bertz CT molecular complexity index is 932. The largest absolute Gasteiger partial charge is 0.193 e. The van der Waals surface area contributed by atoms with E-state index in [1.165, 1.54) is 11.1 Å². The summed E-state index contributed by atoms with van der Waals surface area (Å²) in [5.74, 6) is -0.0309. The Balaban J connectivity index is 2.13. The molecule has 1 unspecified atom stereocenters. The Morgan fingerprint density at radius 1 is 1.19 bits per heavy atom. The Hall–Kier alpha value is -1.82. The lowest BCUT2D eigenvalue weighted by atomic mass is 9.76. The standard InChI is InChI=1S/C24H23BrClN/c1-24(2,3)23-13-16(18-11-19(25)14-20(26)12-18)9-10-22(23)21-8-6-4-5-7-17(21)15-27/h4-13,19,21H,14H2,1-3H3/t19-,21?/m1/s1. The van der Waals surface area contributed by atoms with Crippen molar-refractivity contribution in [2.24, 2.45) is 0 Å². The summed E-state index contributed by atoms with van der Waals surface area (Å²) >= 11 is 9.99. The molecule has 0 saturated heterocycles. The summed E-state index contributed by atoms with van der Waals surface area (Å²) in [6.07, 6.45) is 15.0. The van der Waals surface area contributed by atoms with Gasteiger partial charge in [-0.25, -0.2) is 0 Å². The second-order valence-corrected chi connectivity index (χ2v) is 9.63. The van der Waals surface area contributed by atoms with Crippen LogP contribution in [0.3, 0.4) is 0 Å². The number of alkyl halides is 1. The number of allylic oxidation sites excluding steroid dienone is 10. The van der Waals surface area contributed by atoms with Crippen LogP contribution in [-0.2, 0) is 5.41 Å². The molecular weight excluding hydrogens is 418 g/mol. The van der Waals surface area contributed by atoms with Crippen molar-refractivity contribution < 1.29 is 0 Å². The molecule has 0 heterocycles. The van der Waals surface area contributed by atoms with Gasteiger partial charge in [-0.15, -0.1) is 0 Å². The van der Waals surface area contributed by atoms with Crippen molar-refractivity contribution in [2.45, 2.75) is 43.4 Å². The number of halogens is 2. The third-order valence-corrected chi connectivity index (χ3v) is 5.71. The Labute approximate surface area is 175 Å². The highest BCUT2D eigenvalue weighted by atomic mass is 79.9. The summed E-state index contributed by atoms with van der Waals surface area (Å²) in [6.45, 7) is 6.65. The minimum absolute atomic E-state index is 0.0309. The second kappa shape index (κ2) is 8.05. The SMILES string of the molecule is CC(C)(C)c1cc(C2=C[C@@H](Br)CC(Cl)=C2)ccc1C1C=CC=CC=C1C#N. The van der Waals surface area contributed by atoms with Crippen LogP contribution < -0.4 is 0 Å². The van der Waals surface area contributed by atoms with Gasteiger partial charge in [0.1, 0.15) is 0 Å². The summed E-state index contributed by atoms with van der Waals surface area (Å²) in [6, 6.07) is 8.94. The van der Waals surface area contributed by atoms with Crippen LogP contribution >= 0.6 is 27.5 Å². The summed E-state index contributed by atoms with van der Waals surface area (Å²) < 4.78 is 0. The number of benzene rings is 1. The van der Waals surface area contributed by atoms with Gasteiger partial charge in [0.2, 0.25) is 0 Å². The maximum atomic E-state index is 9.64. The molecule has 3 rings (SSSR count). The number of hydrogen-bond acceptors (Lipinski definition) is 1. The third kappa shape index (κ3) is 4.54. The number of nitrogens with zero attached hydrogens (tertiary/aromatic N) is 1. The molecule has 1 nitrogen and oxygen atoms in total. The van der Waals surface area contributed by atoms with E-state index in [4.69, 9.17) is 11.6 Å². The van der Waals surface area contributed by atoms with Gasteiger partial charge < -0.3 is 0 Å². The molecule has 2 aliphatic carbocycles. The molecule has 1 aromatic carbocycles. The van der Waals surface area contributed by atoms with Crippen molar-refractivity contribution in [2.75, 3.05) is 0 Å². The molecule has 0 aliphatic heterocycles. The molecule has 2 atom stereocenters. The normalized spacial score (nSPS) is 22.4. The Kier molecular flexibility index (Phi) is 5.94. The van der Waals surface area contributed by atoms with Gasteiger partial charge in [-0.05, 0) is 46.3 Å². The van der Waals surface area contributed by atoms with Gasteiger partial charge in [-0.1, -0.05) is 96.9 Å². The first-order valence-electron chi connectivity index (χ1n) is 9.11. The van der Waals surface area contributed by atoms with Gasteiger partial charge in [-0.3, -0.25) is 0 Å². The van der Waals surface area contributed by atoms with Crippen LogP contribution in [0.2, 0.25) is 0 Å². The van der Waals surface area contributed by atoms with Gasteiger partial charge in [0.15, 0.2) is 0 Å². The topological polar surface area (TPSA) is 23.8 Å². The zero-order valence-electron chi connectivity index (χ0n) is 15.8. The van der Waals surface area contributed by atoms with Crippen LogP contribution in [0, 0.1) is 11.3 Å². The lowest BCUT2D eigenvalue weighted by Crippen LogP contribution is -2.17. The molecule has 0 radical (unpaired) electrons. The smallest absolute Gasteiger partial charge is 0.0957 e. The number of nitriles is 1. The zero-order chi connectivity index (χ0) is 19.6. The highest BCUT2D eigenvalue weighted by molar-refractivity contribution is 9.09. The number of hydrogen-bond donors (Lipinski definition) is 0. The van der Waals surface area contributed by atoms with Gasteiger partial charge in [-0.2, -0.15) is 5.26 Å². The van der Waals surface area contributed by atoms with Gasteiger partial charge in [0.05, 0.1) is 6.07 Å².